The number of aromatic nitrogens is 1. The number of hydrogen-bond acceptors (Lipinski definition) is 3. The summed E-state index contributed by atoms with van der Waals surface area (Å²) in [5.41, 5.74) is 4.63. The second-order valence-corrected chi connectivity index (χ2v) is 4.73. The molecule has 0 fully saturated rings. The largest absolute Gasteiger partial charge is 0.271 e. The third kappa shape index (κ3) is 3.00. The van der Waals surface area contributed by atoms with Gasteiger partial charge in [-0.15, -0.1) is 0 Å². The number of pyridine rings is 1. The van der Waals surface area contributed by atoms with E-state index in [1.54, 1.807) is 24.5 Å². The Labute approximate surface area is 116 Å². The molecule has 0 spiro atoms. The zero-order valence-corrected chi connectivity index (χ0v) is 11.1. The second-order valence-electron chi connectivity index (χ2n) is 3.92. The fourth-order valence-corrected chi connectivity index (χ4v) is 2.50. The van der Waals surface area contributed by atoms with Crippen molar-refractivity contribution in [3.05, 3.63) is 63.9 Å². The monoisotopic (exact) mass is 281 g/mol. The first kappa shape index (κ1) is 13.3. The minimum absolute atomic E-state index is 0.143. The summed E-state index contributed by atoms with van der Waals surface area (Å²) in [6.45, 7) is 0. The molecule has 0 bridgehead atoms. The minimum atomic E-state index is -0.143. The van der Waals surface area contributed by atoms with Gasteiger partial charge in [-0.05, 0) is 30.2 Å². The maximum atomic E-state index is 6.17. The zero-order valence-electron chi connectivity index (χ0n) is 9.61. The summed E-state index contributed by atoms with van der Waals surface area (Å²) in [7, 11) is 0. The number of hydrazine groups is 1. The van der Waals surface area contributed by atoms with Crippen molar-refractivity contribution in [1.82, 2.24) is 10.4 Å². The van der Waals surface area contributed by atoms with E-state index in [9.17, 15) is 0 Å². The van der Waals surface area contributed by atoms with Gasteiger partial charge in [-0.3, -0.25) is 16.3 Å². The molecule has 0 saturated carbocycles. The van der Waals surface area contributed by atoms with E-state index >= 15 is 0 Å². The average Bonchev–Trinajstić information content (AvgIpc) is 2.38. The topological polar surface area (TPSA) is 50.9 Å². The van der Waals surface area contributed by atoms with E-state index in [0.717, 1.165) is 11.1 Å². The van der Waals surface area contributed by atoms with Gasteiger partial charge in [0, 0.05) is 28.0 Å². The summed E-state index contributed by atoms with van der Waals surface area (Å²) in [6, 6.07) is 9.15. The first-order valence-corrected chi connectivity index (χ1v) is 6.27. The summed E-state index contributed by atoms with van der Waals surface area (Å²) in [5, 5.41) is 1.21. The number of nitrogens with zero attached hydrogens (tertiary/aromatic N) is 1. The Morgan fingerprint density at radius 1 is 1.17 bits per heavy atom. The minimum Gasteiger partial charge on any atom is -0.271 e. The smallest absolute Gasteiger partial charge is 0.0530 e. The molecule has 1 heterocycles. The number of hydrogen-bond donors (Lipinski definition) is 2. The summed E-state index contributed by atoms with van der Waals surface area (Å²) in [4.78, 5) is 4.08. The molecular weight excluding hydrogens is 269 g/mol. The lowest BCUT2D eigenvalue weighted by Gasteiger charge is -2.19. The van der Waals surface area contributed by atoms with Crippen LogP contribution in [0.2, 0.25) is 10.0 Å². The fraction of sp³-hybridized carbons (Fsp3) is 0.154. The molecule has 3 N–H and O–H groups in total. The van der Waals surface area contributed by atoms with Crippen molar-refractivity contribution in [2.75, 3.05) is 0 Å². The van der Waals surface area contributed by atoms with Crippen molar-refractivity contribution < 1.29 is 0 Å². The Hall–Kier alpha value is -1.13. The highest BCUT2D eigenvalue weighted by Crippen LogP contribution is 2.31. The normalized spacial score (nSPS) is 12.4. The van der Waals surface area contributed by atoms with Gasteiger partial charge in [0.25, 0.3) is 0 Å². The highest BCUT2D eigenvalue weighted by atomic mass is 35.5. The predicted octanol–water partition coefficient (Wildman–Crippen LogP) is 3.14. The van der Waals surface area contributed by atoms with E-state index in [2.05, 4.69) is 10.4 Å². The van der Waals surface area contributed by atoms with Gasteiger partial charge in [0.15, 0.2) is 0 Å². The van der Waals surface area contributed by atoms with Crippen LogP contribution in [-0.4, -0.2) is 4.98 Å². The Balaban J connectivity index is 2.29. The van der Waals surface area contributed by atoms with Crippen molar-refractivity contribution in [3.63, 3.8) is 0 Å². The standard InChI is InChI=1S/C13H13Cl2N3/c14-10-4-1-5-11(15)13(10)12(18-16)7-9-3-2-6-17-8-9/h1-6,8,12,18H,7,16H2. The summed E-state index contributed by atoms with van der Waals surface area (Å²) < 4.78 is 0. The Morgan fingerprint density at radius 3 is 2.44 bits per heavy atom. The molecule has 1 unspecified atom stereocenters. The molecule has 0 saturated heterocycles. The van der Waals surface area contributed by atoms with Gasteiger partial charge in [-0.2, -0.15) is 0 Å². The zero-order chi connectivity index (χ0) is 13.0. The van der Waals surface area contributed by atoms with Crippen molar-refractivity contribution in [2.45, 2.75) is 12.5 Å². The fourth-order valence-electron chi connectivity index (χ4n) is 1.84. The van der Waals surface area contributed by atoms with Gasteiger partial charge in [0.05, 0.1) is 6.04 Å². The van der Waals surface area contributed by atoms with Crippen LogP contribution in [0.25, 0.3) is 0 Å². The van der Waals surface area contributed by atoms with Crippen LogP contribution in [0, 0.1) is 0 Å². The maximum Gasteiger partial charge on any atom is 0.0530 e. The average molecular weight is 282 g/mol. The van der Waals surface area contributed by atoms with Crippen LogP contribution >= 0.6 is 23.2 Å². The van der Waals surface area contributed by atoms with E-state index in [0.29, 0.717) is 16.5 Å². The summed E-state index contributed by atoms with van der Waals surface area (Å²) in [6.07, 6.45) is 4.21. The van der Waals surface area contributed by atoms with Gasteiger partial charge < -0.3 is 0 Å². The number of nitrogens with two attached hydrogens (primary N) is 1. The number of rotatable bonds is 4. The van der Waals surface area contributed by atoms with Crippen LogP contribution in [0.3, 0.4) is 0 Å². The molecule has 0 radical (unpaired) electrons. The third-order valence-corrected chi connectivity index (χ3v) is 3.37. The summed E-state index contributed by atoms with van der Waals surface area (Å²) in [5.74, 6) is 5.60. The molecule has 0 aliphatic carbocycles. The van der Waals surface area contributed by atoms with E-state index in [1.165, 1.54) is 0 Å². The lowest BCUT2D eigenvalue weighted by atomic mass is 10.0. The molecule has 3 nitrogen and oxygen atoms in total. The Morgan fingerprint density at radius 2 is 1.89 bits per heavy atom. The third-order valence-electron chi connectivity index (χ3n) is 2.71. The van der Waals surface area contributed by atoms with Crippen molar-refractivity contribution in [1.29, 1.82) is 0 Å². The molecule has 2 aromatic rings. The SMILES string of the molecule is NNC(Cc1cccnc1)c1c(Cl)cccc1Cl. The highest BCUT2D eigenvalue weighted by molar-refractivity contribution is 6.36. The number of nitrogens with one attached hydrogen (secondary N) is 1. The number of halogens is 2. The molecule has 18 heavy (non-hydrogen) atoms. The van der Waals surface area contributed by atoms with Crippen LogP contribution < -0.4 is 11.3 Å². The molecular formula is C13H13Cl2N3. The van der Waals surface area contributed by atoms with E-state index < -0.39 is 0 Å². The first-order valence-electron chi connectivity index (χ1n) is 5.51. The van der Waals surface area contributed by atoms with Crippen LogP contribution in [-0.2, 0) is 6.42 Å². The molecule has 0 aliphatic heterocycles. The van der Waals surface area contributed by atoms with Gasteiger partial charge in [-0.25, -0.2) is 0 Å². The molecule has 0 amide bonds. The van der Waals surface area contributed by atoms with Gasteiger partial charge in [0.1, 0.15) is 0 Å². The molecule has 1 aromatic heterocycles. The lowest BCUT2D eigenvalue weighted by Crippen LogP contribution is -2.30. The second kappa shape index (κ2) is 6.16. The maximum absolute atomic E-state index is 6.17. The Kier molecular flexibility index (Phi) is 4.55. The number of benzene rings is 1. The summed E-state index contributed by atoms with van der Waals surface area (Å²) >= 11 is 12.3. The van der Waals surface area contributed by atoms with E-state index in [4.69, 9.17) is 29.0 Å². The van der Waals surface area contributed by atoms with Crippen LogP contribution in [0.4, 0.5) is 0 Å². The first-order chi connectivity index (χ1) is 8.72. The quantitative estimate of drug-likeness (QED) is 0.669. The molecule has 1 aromatic carbocycles. The molecule has 94 valence electrons. The van der Waals surface area contributed by atoms with Gasteiger partial charge in [0.2, 0.25) is 0 Å². The molecule has 0 aliphatic rings. The Bertz CT molecular complexity index is 497. The van der Waals surface area contributed by atoms with Crippen molar-refractivity contribution in [2.24, 2.45) is 5.84 Å². The van der Waals surface area contributed by atoms with E-state index in [-0.39, 0.29) is 6.04 Å². The lowest BCUT2D eigenvalue weighted by molar-refractivity contribution is 0.551. The van der Waals surface area contributed by atoms with Crippen molar-refractivity contribution >= 4 is 23.2 Å². The van der Waals surface area contributed by atoms with Crippen LogP contribution in [0.15, 0.2) is 42.7 Å². The highest BCUT2D eigenvalue weighted by Gasteiger charge is 2.17. The van der Waals surface area contributed by atoms with Crippen molar-refractivity contribution in [3.8, 4) is 0 Å². The van der Waals surface area contributed by atoms with Gasteiger partial charge in [-0.1, -0.05) is 35.3 Å². The predicted molar refractivity (Wildman–Crippen MR) is 74.5 cm³/mol. The molecule has 2 rings (SSSR count). The molecule has 5 heteroatoms. The van der Waals surface area contributed by atoms with E-state index in [1.807, 2.05) is 18.2 Å². The van der Waals surface area contributed by atoms with Crippen LogP contribution in [0.1, 0.15) is 17.2 Å². The van der Waals surface area contributed by atoms with Crippen LogP contribution in [0.5, 0.6) is 0 Å². The molecule has 1 atom stereocenters. The van der Waals surface area contributed by atoms with Gasteiger partial charge >= 0.3 is 0 Å².